The number of nitrogens with zero attached hydrogens (tertiary/aromatic N) is 4. The summed E-state index contributed by atoms with van der Waals surface area (Å²) in [5.41, 5.74) is 3.16. The third kappa shape index (κ3) is 5.85. The lowest BCUT2D eigenvalue weighted by Gasteiger charge is -2.33. The van der Waals surface area contributed by atoms with E-state index in [1.165, 1.54) is 6.42 Å². The summed E-state index contributed by atoms with van der Waals surface area (Å²) in [6, 6.07) is 24.0. The van der Waals surface area contributed by atoms with Crippen LogP contribution in [-0.4, -0.2) is 44.9 Å². The molecule has 3 aromatic carbocycles. The summed E-state index contributed by atoms with van der Waals surface area (Å²) in [5.74, 6) is 0.355. The van der Waals surface area contributed by atoms with Crippen LogP contribution in [0.1, 0.15) is 49.3 Å². The molecule has 2 amide bonds. The van der Waals surface area contributed by atoms with E-state index in [2.05, 4.69) is 15.6 Å². The van der Waals surface area contributed by atoms with Crippen molar-refractivity contribution < 1.29 is 14.3 Å². The van der Waals surface area contributed by atoms with E-state index in [0.717, 1.165) is 53.6 Å². The molecular weight excluding hydrogens is 478 g/mol. The number of amides is 2. The minimum atomic E-state index is -0.789. The summed E-state index contributed by atoms with van der Waals surface area (Å²) in [6.45, 7) is 0.226. The van der Waals surface area contributed by atoms with Crippen molar-refractivity contribution in [3.05, 3.63) is 90.0 Å². The molecule has 8 nitrogen and oxygen atoms in total. The molecule has 0 saturated heterocycles. The predicted octanol–water partition coefficient (Wildman–Crippen LogP) is 4.66. The van der Waals surface area contributed by atoms with Crippen LogP contribution in [0.2, 0.25) is 0 Å². The van der Waals surface area contributed by atoms with Crippen molar-refractivity contribution in [2.24, 2.45) is 0 Å². The number of ether oxygens (including phenoxy) is 1. The zero-order chi connectivity index (χ0) is 26.3. The van der Waals surface area contributed by atoms with Gasteiger partial charge in [0.2, 0.25) is 11.8 Å². The predicted molar refractivity (Wildman–Crippen MR) is 145 cm³/mol. The van der Waals surface area contributed by atoms with E-state index in [4.69, 9.17) is 4.74 Å². The number of benzene rings is 3. The monoisotopic (exact) mass is 511 g/mol. The summed E-state index contributed by atoms with van der Waals surface area (Å²) in [5, 5.41) is 11.7. The third-order valence-electron chi connectivity index (χ3n) is 7.16. The lowest BCUT2D eigenvalue weighted by molar-refractivity contribution is -0.142. The van der Waals surface area contributed by atoms with Gasteiger partial charge in [0.15, 0.2) is 0 Å². The Hall–Kier alpha value is -4.20. The number of rotatable bonds is 9. The van der Waals surface area contributed by atoms with Gasteiger partial charge in [-0.15, -0.1) is 5.10 Å². The molecule has 1 aromatic heterocycles. The molecule has 1 aliphatic carbocycles. The van der Waals surface area contributed by atoms with E-state index in [-0.39, 0.29) is 30.9 Å². The van der Waals surface area contributed by atoms with Gasteiger partial charge in [-0.05, 0) is 48.2 Å². The second kappa shape index (κ2) is 11.9. The molecule has 0 aliphatic heterocycles. The maximum absolute atomic E-state index is 14.0. The van der Waals surface area contributed by atoms with Gasteiger partial charge < -0.3 is 15.0 Å². The van der Waals surface area contributed by atoms with E-state index < -0.39 is 6.04 Å². The Bertz CT molecular complexity index is 1360. The molecule has 1 aliphatic rings. The maximum Gasteiger partial charge on any atom is 0.247 e. The first-order valence-corrected chi connectivity index (χ1v) is 13.2. The van der Waals surface area contributed by atoms with Gasteiger partial charge in [-0.1, -0.05) is 79.1 Å². The average Bonchev–Trinajstić information content (AvgIpc) is 3.37. The molecule has 8 heteroatoms. The Labute approximate surface area is 222 Å². The molecule has 38 heavy (non-hydrogen) atoms. The van der Waals surface area contributed by atoms with Gasteiger partial charge in [-0.3, -0.25) is 9.59 Å². The van der Waals surface area contributed by atoms with Gasteiger partial charge in [-0.2, -0.15) is 0 Å². The van der Waals surface area contributed by atoms with E-state index >= 15 is 0 Å². The standard InChI is InChI=1S/C30H33N5O3/c1-38-25-18-16-22(17-19-25)20-34(28(36)21-35-27-15-9-8-14-26(27)32-33-35)29(23-10-4-2-5-11-23)30(37)31-24-12-6-3-7-13-24/h2,4-5,8-11,14-19,24,29H,3,6-7,12-13,20-21H2,1H3,(H,31,37)/t29-/m0/s1. The maximum atomic E-state index is 14.0. The van der Waals surface area contributed by atoms with Gasteiger partial charge in [0.05, 0.1) is 12.6 Å². The summed E-state index contributed by atoms with van der Waals surface area (Å²) in [7, 11) is 1.62. The molecule has 1 atom stereocenters. The van der Waals surface area contributed by atoms with Crippen molar-refractivity contribution in [1.29, 1.82) is 0 Å². The lowest BCUT2D eigenvalue weighted by atomic mass is 9.94. The van der Waals surface area contributed by atoms with Crippen LogP contribution in [0.3, 0.4) is 0 Å². The van der Waals surface area contributed by atoms with Crippen LogP contribution in [0.5, 0.6) is 5.75 Å². The Kier molecular flexibility index (Phi) is 7.97. The molecule has 1 saturated carbocycles. The van der Waals surface area contributed by atoms with Crippen LogP contribution in [0.4, 0.5) is 0 Å². The number of carbonyl (C=O) groups is 2. The largest absolute Gasteiger partial charge is 0.497 e. The average molecular weight is 512 g/mol. The van der Waals surface area contributed by atoms with Crippen LogP contribution < -0.4 is 10.1 Å². The topological polar surface area (TPSA) is 89.3 Å². The van der Waals surface area contributed by atoms with Crippen molar-refractivity contribution in [2.45, 2.75) is 57.3 Å². The summed E-state index contributed by atoms with van der Waals surface area (Å²) >= 11 is 0. The number of fused-ring (bicyclic) bond motifs is 1. The van der Waals surface area contributed by atoms with E-state index in [1.807, 2.05) is 78.9 Å². The van der Waals surface area contributed by atoms with E-state index in [1.54, 1.807) is 16.7 Å². The van der Waals surface area contributed by atoms with Gasteiger partial charge in [0, 0.05) is 12.6 Å². The van der Waals surface area contributed by atoms with Crippen molar-refractivity contribution >= 4 is 22.8 Å². The van der Waals surface area contributed by atoms with Crippen LogP contribution in [0, 0.1) is 0 Å². The Balaban J connectivity index is 1.50. The summed E-state index contributed by atoms with van der Waals surface area (Å²) < 4.78 is 6.91. The van der Waals surface area contributed by atoms with Crippen LogP contribution in [-0.2, 0) is 22.7 Å². The molecule has 196 valence electrons. The van der Waals surface area contributed by atoms with Crippen molar-refractivity contribution in [1.82, 2.24) is 25.2 Å². The van der Waals surface area contributed by atoms with Crippen LogP contribution in [0.25, 0.3) is 11.0 Å². The minimum Gasteiger partial charge on any atom is -0.497 e. The first-order valence-electron chi connectivity index (χ1n) is 13.2. The van der Waals surface area contributed by atoms with Gasteiger partial charge >= 0.3 is 0 Å². The van der Waals surface area contributed by atoms with Gasteiger partial charge in [0.25, 0.3) is 0 Å². The fourth-order valence-corrected chi connectivity index (χ4v) is 5.14. The van der Waals surface area contributed by atoms with Crippen LogP contribution in [0.15, 0.2) is 78.9 Å². The Morgan fingerprint density at radius 1 is 0.974 bits per heavy atom. The second-order valence-electron chi connectivity index (χ2n) is 9.76. The zero-order valence-corrected chi connectivity index (χ0v) is 21.6. The summed E-state index contributed by atoms with van der Waals surface area (Å²) in [4.78, 5) is 29.6. The fraction of sp³-hybridized carbons (Fsp3) is 0.333. The zero-order valence-electron chi connectivity index (χ0n) is 21.6. The van der Waals surface area contributed by atoms with Gasteiger partial charge in [-0.25, -0.2) is 4.68 Å². The highest BCUT2D eigenvalue weighted by atomic mass is 16.5. The first-order chi connectivity index (χ1) is 18.6. The summed E-state index contributed by atoms with van der Waals surface area (Å²) in [6.07, 6.45) is 5.33. The fourth-order valence-electron chi connectivity index (χ4n) is 5.14. The lowest BCUT2D eigenvalue weighted by Crippen LogP contribution is -2.47. The SMILES string of the molecule is COc1ccc(CN(C(=O)Cn2nnc3ccccc32)[C@H](C(=O)NC2CCCCC2)c2ccccc2)cc1. The number of aromatic nitrogens is 3. The molecule has 0 radical (unpaired) electrons. The molecule has 0 bridgehead atoms. The smallest absolute Gasteiger partial charge is 0.247 e. The molecule has 1 fully saturated rings. The molecule has 1 heterocycles. The molecule has 0 unspecified atom stereocenters. The Morgan fingerprint density at radius 3 is 2.42 bits per heavy atom. The number of nitrogens with one attached hydrogen (secondary N) is 1. The van der Waals surface area contributed by atoms with Crippen molar-refractivity contribution in [2.75, 3.05) is 7.11 Å². The van der Waals surface area contributed by atoms with Crippen molar-refractivity contribution in [3.8, 4) is 5.75 Å². The van der Waals surface area contributed by atoms with Gasteiger partial charge in [0.1, 0.15) is 23.9 Å². The highest BCUT2D eigenvalue weighted by Gasteiger charge is 2.33. The highest BCUT2D eigenvalue weighted by Crippen LogP contribution is 2.27. The molecule has 1 N–H and O–H groups in total. The molecule has 4 aromatic rings. The first kappa shape index (κ1) is 25.4. The third-order valence-corrected chi connectivity index (χ3v) is 7.16. The quantitative estimate of drug-likeness (QED) is 0.353. The number of para-hydroxylation sites is 1. The number of methoxy groups -OCH3 is 1. The Morgan fingerprint density at radius 2 is 1.68 bits per heavy atom. The van der Waals surface area contributed by atoms with Crippen molar-refractivity contribution in [3.63, 3.8) is 0 Å². The molecular formula is C30H33N5O3. The normalized spacial score (nSPS) is 14.7. The number of hydrogen-bond donors (Lipinski definition) is 1. The second-order valence-corrected chi connectivity index (χ2v) is 9.76. The van der Waals surface area contributed by atoms with E-state index in [0.29, 0.717) is 0 Å². The highest BCUT2D eigenvalue weighted by molar-refractivity contribution is 5.89. The number of carbonyl (C=O) groups excluding carboxylic acids is 2. The van der Waals surface area contributed by atoms with E-state index in [9.17, 15) is 9.59 Å². The molecule has 5 rings (SSSR count). The molecule has 0 spiro atoms. The van der Waals surface area contributed by atoms with Crippen LogP contribution >= 0.6 is 0 Å². The number of hydrogen-bond acceptors (Lipinski definition) is 5. The minimum absolute atomic E-state index is 0.0310.